The van der Waals surface area contributed by atoms with E-state index in [-0.39, 0.29) is 30.8 Å². The van der Waals surface area contributed by atoms with Crippen molar-refractivity contribution in [3.8, 4) is 11.5 Å². The van der Waals surface area contributed by atoms with Gasteiger partial charge in [-0.1, -0.05) is 18.2 Å². The Morgan fingerprint density at radius 3 is 1.42 bits per heavy atom. The second-order valence-electron chi connectivity index (χ2n) is 7.04. The van der Waals surface area contributed by atoms with Crippen LogP contribution in [-0.4, -0.2) is 25.0 Å². The van der Waals surface area contributed by atoms with Gasteiger partial charge in [-0.05, 0) is 62.4 Å². The summed E-state index contributed by atoms with van der Waals surface area (Å²) in [5, 5.41) is 15.6. The number of hydrogen-bond donors (Lipinski definition) is 2. The van der Waals surface area contributed by atoms with Crippen molar-refractivity contribution in [1.82, 2.24) is 0 Å². The molecule has 6 nitrogen and oxygen atoms in total. The summed E-state index contributed by atoms with van der Waals surface area (Å²) < 4.78 is 36.7. The number of hydrogen-bond acceptors (Lipinski definition) is 6. The minimum absolute atomic E-state index is 0.0656. The van der Waals surface area contributed by atoms with Crippen molar-refractivity contribution in [2.45, 2.75) is 27.1 Å². The molecule has 0 aliphatic rings. The Labute approximate surface area is 192 Å². The number of halogens is 1. The van der Waals surface area contributed by atoms with Crippen LogP contribution in [0.3, 0.4) is 0 Å². The highest BCUT2D eigenvalue weighted by atomic mass is 19.1. The zero-order valence-electron chi connectivity index (χ0n) is 18.7. The van der Waals surface area contributed by atoms with Gasteiger partial charge in [0.05, 0.1) is 13.2 Å². The Kier molecular flexibility index (Phi) is 8.41. The van der Waals surface area contributed by atoms with Gasteiger partial charge in [0.2, 0.25) is 11.8 Å². The van der Waals surface area contributed by atoms with Crippen molar-refractivity contribution < 1.29 is 23.3 Å². The molecule has 7 heteroatoms. The van der Waals surface area contributed by atoms with Crippen LogP contribution in [0.25, 0.3) is 0 Å². The van der Waals surface area contributed by atoms with Crippen LogP contribution in [0.1, 0.15) is 36.1 Å². The number of ether oxygens (including phenoxy) is 4. The van der Waals surface area contributed by atoms with Crippen LogP contribution in [0.15, 0.2) is 66.7 Å². The Morgan fingerprint density at radius 1 is 0.667 bits per heavy atom. The summed E-state index contributed by atoms with van der Waals surface area (Å²) >= 11 is 0. The second kappa shape index (κ2) is 11.7. The molecule has 33 heavy (non-hydrogen) atoms. The number of nitrogens with one attached hydrogen (secondary N) is 2. The lowest BCUT2D eigenvalue weighted by Crippen LogP contribution is -2.06. The lowest BCUT2D eigenvalue weighted by atomic mass is 10.1. The van der Waals surface area contributed by atoms with Gasteiger partial charge in [-0.25, -0.2) is 4.39 Å². The van der Waals surface area contributed by atoms with Crippen LogP contribution in [0.5, 0.6) is 11.5 Å². The SMILES string of the molecule is CCOC(=N)c1ccc(OCc2cccc(COc3ccc(C(=N)OCC)cc3)c2F)cc1. The predicted molar refractivity (Wildman–Crippen MR) is 125 cm³/mol. The van der Waals surface area contributed by atoms with Gasteiger partial charge < -0.3 is 18.9 Å². The summed E-state index contributed by atoms with van der Waals surface area (Å²) in [5.74, 6) is 0.973. The van der Waals surface area contributed by atoms with Crippen molar-refractivity contribution in [3.05, 3.63) is 94.8 Å². The van der Waals surface area contributed by atoms with Crippen LogP contribution in [0, 0.1) is 16.6 Å². The molecule has 0 aromatic heterocycles. The fourth-order valence-corrected chi connectivity index (χ4v) is 3.04. The first-order valence-electron chi connectivity index (χ1n) is 10.7. The maximum absolute atomic E-state index is 14.9. The molecule has 0 fully saturated rings. The molecule has 0 saturated heterocycles. The van der Waals surface area contributed by atoms with Gasteiger partial charge in [0.25, 0.3) is 0 Å². The fourth-order valence-electron chi connectivity index (χ4n) is 3.04. The quantitative estimate of drug-likeness (QED) is 0.306. The highest BCUT2D eigenvalue weighted by molar-refractivity contribution is 5.92. The molecule has 0 aliphatic heterocycles. The summed E-state index contributed by atoms with van der Waals surface area (Å²) in [5.41, 5.74) is 2.14. The monoisotopic (exact) mass is 450 g/mol. The maximum atomic E-state index is 14.9. The molecule has 172 valence electrons. The van der Waals surface area contributed by atoms with Crippen molar-refractivity contribution in [2.24, 2.45) is 0 Å². The van der Waals surface area contributed by atoms with Crippen LogP contribution in [-0.2, 0) is 22.7 Å². The van der Waals surface area contributed by atoms with E-state index in [1.165, 1.54) is 0 Å². The van der Waals surface area contributed by atoms with Crippen molar-refractivity contribution >= 4 is 11.8 Å². The van der Waals surface area contributed by atoms with Gasteiger partial charge in [-0.2, -0.15) is 0 Å². The summed E-state index contributed by atoms with van der Waals surface area (Å²) in [6.07, 6.45) is 0. The van der Waals surface area contributed by atoms with Crippen molar-refractivity contribution in [3.63, 3.8) is 0 Å². The second-order valence-corrected chi connectivity index (χ2v) is 7.04. The number of benzene rings is 3. The first kappa shape index (κ1) is 23.8. The fraction of sp³-hybridized carbons (Fsp3) is 0.231. The average Bonchev–Trinajstić information content (AvgIpc) is 2.83. The molecule has 0 heterocycles. The van der Waals surface area contributed by atoms with E-state index in [1.807, 2.05) is 13.8 Å². The average molecular weight is 451 g/mol. The van der Waals surface area contributed by atoms with Gasteiger partial charge in [0, 0.05) is 22.3 Å². The molecule has 0 radical (unpaired) electrons. The predicted octanol–water partition coefficient (Wildman–Crippen LogP) is 5.71. The third-order valence-electron chi connectivity index (χ3n) is 4.76. The number of rotatable bonds is 10. The van der Waals surface area contributed by atoms with E-state index in [4.69, 9.17) is 29.8 Å². The summed E-state index contributed by atoms with van der Waals surface area (Å²) in [7, 11) is 0. The molecular weight excluding hydrogens is 423 g/mol. The third-order valence-corrected chi connectivity index (χ3v) is 4.76. The smallest absolute Gasteiger partial charge is 0.213 e. The van der Waals surface area contributed by atoms with Gasteiger partial charge in [-0.3, -0.25) is 10.8 Å². The third kappa shape index (κ3) is 6.55. The van der Waals surface area contributed by atoms with Crippen molar-refractivity contribution in [2.75, 3.05) is 13.2 Å². The minimum atomic E-state index is -0.373. The van der Waals surface area contributed by atoms with E-state index >= 15 is 0 Å². The molecule has 0 atom stereocenters. The molecular formula is C26H27FN2O4. The van der Waals surface area contributed by atoms with Crippen LogP contribution in [0.4, 0.5) is 4.39 Å². The minimum Gasteiger partial charge on any atom is -0.489 e. The zero-order chi connectivity index (χ0) is 23.6. The zero-order valence-corrected chi connectivity index (χ0v) is 18.7. The maximum Gasteiger partial charge on any atom is 0.213 e. The molecule has 0 spiro atoms. The van der Waals surface area contributed by atoms with Gasteiger partial charge in [0.15, 0.2) is 0 Å². The van der Waals surface area contributed by atoms with E-state index in [2.05, 4.69) is 0 Å². The molecule has 0 bridgehead atoms. The molecule has 0 saturated carbocycles. The molecule has 2 N–H and O–H groups in total. The Hall–Kier alpha value is -3.87. The van der Waals surface area contributed by atoms with E-state index in [0.717, 1.165) is 0 Å². The van der Waals surface area contributed by atoms with Crippen LogP contribution < -0.4 is 9.47 Å². The normalized spacial score (nSPS) is 10.4. The largest absolute Gasteiger partial charge is 0.489 e. The van der Waals surface area contributed by atoms with Crippen molar-refractivity contribution in [1.29, 1.82) is 10.8 Å². The highest BCUT2D eigenvalue weighted by Gasteiger charge is 2.11. The summed E-state index contributed by atoms with van der Waals surface area (Å²) in [6, 6.07) is 18.9. The molecule has 0 aliphatic carbocycles. The van der Waals surface area contributed by atoms with E-state index < -0.39 is 0 Å². The highest BCUT2D eigenvalue weighted by Crippen LogP contribution is 2.20. The van der Waals surface area contributed by atoms with Crippen LogP contribution in [0.2, 0.25) is 0 Å². The summed E-state index contributed by atoms with van der Waals surface area (Å²) in [6.45, 7) is 4.64. The summed E-state index contributed by atoms with van der Waals surface area (Å²) in [4.78, 5) is 0. The molecule has 3 aromatic carbocycles. The van der Waals surface area contributed by atoms with Crippen LogP contribution >= 0.6 is 0 Å². The molecule has 0 amide bonds. The van der Waals surface area contributed by atoms with E-state index in [9.17, 15) is 4.39 Å². The van der Waals surface area contributed by atoms with E-state index in [0.29, 0.717) is 47.0 Å². The van der Waals surface area contributed by atoms with E-state index in [1.54, 1.807) is 66.7 Å². The standard InChI is InChI=1S/C26H27FN2O4/c1-3-30-25(28)18-8-12-22(13-9-18)32-16-20-6-5-7-21(24(20)27)17-33-23-14-10-19(11-15-23)26(29)31-4-2/h5-15,28-29H,3-4,16-17H2,1-2H3. The lowest BCUT2D eigenvalue weighted by Gasteiger charge is -2.12. The lowest BCUT2D eigenvalue weighted by molar-refractivity contribution is 0.287. The molecule has 3 aromatic rings. The Morgan fingerprint density at radius 2 is 1.06 bits per heavy atom. The first-order valence-corrected chi connectivity index (χ1v) is 10.7. The topological polar surface area (TPSA) is 84.6 Å². The molecule has 3 rings (SSSR count). The Bertz CT molecular complexity index is 999. The van der Waals surface area contributed by atoms with Gasteiger partial charge >= 0.3 is 0 Å². The first-order chi connectivity index (χ1) is 16.0. The molecule has 0 unspecified atom stereocenters. The Balaban J connectivity index is 1.58. The van der Waals surface area contributed by atoms with Gasteiger partial charge in [-0.15, -0.1) is 0 Å². The van der Waals surface area contributed by atoms with Gasteiger partial charge in [0.1, 0.15) is 30.5 Å².